The van der Waals surface area contributed by atoms with Gasteiger partial charge in [-0.1, -0.05) is 47.3 Å². The van der Waals surface area contributed by atoms with E-state index in [-0.39, 0.29) is 5.41 Å². The monoisotopic (exact) mass is 347 g/mol. The normalized spacial score (nSPS) is 17.9. The summed E-state index contributed by atoms with van der Waals surface area (Å²) in [7, 11) is 1.76. The van der Waals surface area contributed by atoms with Crippen LogP contribution in [0.15, 0.2) is 34.8 Å². The van der Waals surface area contributed by atoms with Crippen LogP contribution in [-0.4, -0.2) is 13.7 Å². The number of rotatable bonds is 3. The highest BCUT2D eigenvalue weighted by Gasteiger charge is 2.36. The van der Waals surface area contributed by atoms with Gasteiger partial charge >= 0.3 is 0 Å². The molecule has 0 radical (unpaired) electrons. The fourth-order valence-corrected chi connectivity index (χ4v) is 4.16. The van der Waals surface area contributed by atoms with Gasteiger partial charge in [0, 0.05) is 22.0 Å². The Morgan fingerprint density at radius 3 is 2.57 bits per heavy atom. The van der Waals surface area contributed by atoms with Gasteiger partial charge in [0.1, 0.15) is 5.75 Å². The van der Waals surface area contributed by atoms with Crippen LogP contribution < -0.4 is 10.5 Å². The van der Waals surface area contributed by atoms with Gasteiger partial charge in [-0.3, -0.25) is 0 Å². The quantitative estimate of drug-likeness (QED) is 0.867. The molecule has 2 nitrogen and oxygen atoms in total. The summed E-state index contributed by atoms with van der Waals surface area (Å²) in [4.78, 5) is 0. The van der Waals surface area contributed by atoms with Crippen LogP contribution in [0, 0.1) is 0 Å². The third-order valence-corrected chi connectivity index (χ3v) is 5.39. The Morgan fingerprint density at radius 2 is 1.90 bits per heavy atom. The van der Waals surface area contributed by atoms with Crippen LogP contribution >= 0.6 is 15.9 Å². The third-order valence-electron chi connectivity index (χ3n) is 4.90. The summed E-state index contributed by atoms with van der Waals surface area (Å²) in [6.45, 7) is 0.693. The SMILES string of the molecule is COc1ccc2cc(Br)ccc2c1C1(CN)CCCCC1. The number of hydrogen-bond donors (Lipinski definition) is 1. The fraction of sp³-hybridized carbons (Fsp3) is 0.444. The van der Waals surface area contributed by atoms with Crippen molar-refractivity contribution in [2.45, 2.75) is 37.5 Å². The highest BCUT2D eigenvalue weighted by molar-refractivity contribution is 9.10. The predicted molar refractivity (Wildman–Crippen MR) is 92.0 cm³/mol. The second kappa shape index (κ2) is 5.98. The van der Waals surface area contributed by atoms with E-state index in [2.05, 4.69) is 46.3 Å². The molecule has 1 aliphatic rings. The second-order valence-corrected chi connectivity index (χ2v) is 6.97. The Labute approximate surface area is 134 Å². The maximum atomic E-state index is 6.25. The predicted octanol–water partition coefficient (Wildman–Crippen LogP) is 4.77. The zero-order valence-corrected chi connectivity index (χ0v) is 14.1. The molecule has 0 unspecified atom stereocenters. The van der Waals surface area contributed by atoms with E-state index >= 15 is 0 Å². The molecule has 0 aromatic heterocycles. The summed E-state index contributed by atoms with van der Waals surface area (Å²) in [5.74, 6) is 0.983. The van der Waals surface area contributed by atoms with Crippen molar-refractivity contribution in [3.05, 3.63) is 40.4 Å². The van der Waals surface area contributed by atoms with Gasteiger partial charge in [-0.25, -0.2) is 0 Å². The zero-order valence-electron chi connectivity index (χ0n) is 12.5. The highest BCUT2D eigenvalue weighted by Crippen LogP contribution is 2.46. The number of benzene rings is 2. The average molecular weight is 348 g/mol. The van der Waals surface area contributed by atoms with Gasteiger partial charge in [0.2, 0.25) is 0 Å². The Morgan fingerprint density at radius 1 is 1.14 bits per heavy atom. The summed E-state index contributed by atoms with van der Waals surface area (Å²) in [6, 6.07) is 10.7. The van der Waals surface area contributed by atoms with Crippen LogP contribution in [-0.2, 0) is 5.41 Å². The van der Waals surface area contributed by atoms with Crippen molar-refractivity contribution in [3.63, 3.8) is 0 Å². The Balaban J connectivity index is 2.27. The first kappa shape index (κ1) is 14.9. The standard InChI is InChI=1S/C18H22BrNO/c1-21-16-8-5-13-11-14(19)6-7-15(13)17(16)18(12-20)9-3-2-4-10-18/h5-8,11H,2-4,9-10,12,20H2,1H3. The summed E-state index contributed by atoms with van der Waals surface area (Å²) in [5.41, 5.74) is 7.63. The second-order valence-electron chi connectivity index (χ2n) is 6.05. The van der Waals surface area contributed by atoms with Crippen molar-refractivity contribution >= 4 is 26.7 Å². The molecule has 1 aliphatic carbocycles. The first-order valence-corrected chi connectivity index (χ1v) is 8.46. The third kappa shape index (κ3) is 2.58. The van der Waals surface area contributed by atoms with E-state index in [9.17, 15) is 0 Å². The minimum absolute atomic E-state index is 0.0664. The lowest BCUT2D eigenvalue weighted by molar-refractivity contribution is 0.290. The van der Waals surface area contributed by atoms with E-state index in [1.807, 2.05) is 0 Å². The van der Waals surface area contributed by atoms with Crippen molar-refractivity contribution in [1.29, 1.82) is 0 Å². The molecular formula is C18H22BrNO. The van der Waals surface area contributed by atoms with E-state index in [0.717, 1.165) is 23.1 Å². The van der Waals surface area contributed by atoms with Gasteiger partial charge in [-0.15, -0.1) is 0 Å². The van der Waals surface area contributed by atoms with Crippen LogP contribution in [0.5, 0.6) is 5.75 Å². The smallest absolute Gasteiger partial charge is 0.123 e. The van der Waals surface area contributed by atoms with E-state index in [4.69, 9.17) is 10.5 Å². The van der Waals surface area contributed by atoms with Gasteiger partial charge in [0.05, 0.1) is 7.11 Å². The molecule has 3 rings (SSSR count). The number of fused-ring (bicyclic) bond motifs is 1. The first-order chi connectivity index (χ1) is 10.2. The molecule has 0 atom stereocenters. The van der Waals surface area contributed by atoms with E-state index in [1.165, 1.54) is 35.6 Å². The molecule has 2 aromatic carbocycles. The molecule has 0 saturated heterocycles. The zero-order chi connectivity index (χ0) is 14.9. The molecule has 0 amide bonds. The van der Waals surface area contributed by atoms with Gasteiger partial charge in [0.25, 0.3) is 0 Å². The topological polar surface area (TPSA) is 35.2 Å². The molecule has 2 aromatic rings. The Hall–Kier alpha value is -1.06. The molecule has 0 aliphatic heterocycles. The largest absolute Gasteiger partial charge is 0.496 e. The molecule has 112 valence electrons. The van der Waals surface area contributed by atoms with Gasteiger partial charge in [-0.2, -0.15) is 0 Å². The Kier molecular flexibility index (Phi) is 4.23. The summed E-state index contributed by atoms with van der Waals surface area (Å²) >= 11 is 3.56. The van der Waals surface area contributed by atoms with Crippen LogP contribution in [0.1, 0.15) is 37.7 Å². The molecule has 0 bridgehead atoms. The maximum Gasteiger partial charge on any atom is 0.123 e. The number of ether oxygens (including phenoxy) is 1. The fourth-order valence-electron chi connectivity index (χ4n) is 3.78. The number of methoxy groups -OCH3 is 1. The van der Waals surface area contributed by atoms with E-state index in [0.29, 0.717) is 6.54 Å². The van der Waals surface area contributed by atoms with Crippen molar-refractivity contribution in [2.24, 2.45) is 5.73 Å². The molecule has 1 fully saturated rings. The van der Waals surface area contributed by atoms with Crippen LogP contribution in [0.4, 0.5) is 0 Å². The number of halogens is 1. The number of nitrogens with two attached hydrogens (primary N) is 1. The molecule has 2 N–H and O–H groups in total. The van der Waals surface area contributed by atoms with Crippen molar-refractivity contribution in [2.75, 3.05) is 13.7 Å². The van der Waals surface area contributed by atoms with E-state index < -0.39 is 0 Å². The lowest BCUT2D eigenvalue weighted by Crippen LogP contribution is -2.37. The van der Waals surface area contributed by atoms with Gasteiger partial charge < -0.3 is 10.5 Å². The molecule has 0 heterocycles. The summed E-state index contributed by atoms with van der Waals surface area (Å²) in [5, 5.41) is 2.53. The minimum atomic E-state index is 0.0664. The molecule has 1 saturated carbocycles. The van der Waals surface area contributed by atoms with Crippen LogP contribution in [0.2, 0.25) is 0 Å². The maximum absolute atomic E-state index is 6.25. The molecular weight excluding hydrogens is 326 g/mol. The minimum Gasteiger partial charge on any atom is -0.496 e. The van der Waals surface area contributed by atoms with E-state index in [1.54, 1.807) is 7.11 Å². The van der Waals surface area contributed by atoms with Crippen LogP contribution in [0.25, 0.3) is 10.8 Å². The average Bonchev–Trinajstić information content (AvgIpc) is 2.54. The summed E-state index contributed by atoms with van der Waals surface area (Å²) in [6.07, 6.45) is 6.16. The van der Waals surface area contributed by atoms with Crippen molar-refractivity contribution in [3.8, 4) is 5.75 Å². The first-order valence-electron chi connectivity index (χ1n) is 7.67. The van der Waals surface area contributed by atoms with Crippen molar-refractivity contribution < 1.29 is 4.74 Å². The van der Waals surface area contributed by atoms with Crippen molar-refractivity contribution in [1.82, 2.24) is 0 Å². The highest BCUT2D eigenvalue weighted by atomic mass is 79.9. The number of hydrogen-bond acceptors (Lipinski definition) is 2. The lowest BCUT2D eigenvalue weighted by atomic mass is 9.68. The molecule has 0 spiro atoms. The lowest BCUT2D eigenvalue weighted by Gasteiger charge is -2.38. The van der Waals surface area contributed by atoms with Gasteiger partial charge in [-0.05, 0) is 41.8 Å². The summed E-state index contributed by atoms with van der Waals surface area (Å²) < 4.78 is 6.80. The van der Waals surface area contributed by atoms with Crippen LogP contribution in [0.3, 0.4) is 0 Å². The molecule has 3 heteroatoms. The Bertz CT molecular complexity index is 647. The molecule has 21 heavy (non-hydrogen) atoms. The van der Waals surface area contributed by atoms with Gasteiger partial charge in [0.15, 0.2) is 0 Å².